The van der Waals surface area contributed by atoms with E-state index in [4.69, 9.17) is 9.47 Å². The first kappa shape index (κ1) is 22.7. The van der Waals surface area contributed by atoms with Gasteiger partial charge in [-0.3, -0.25) is 0 Å². The van der Waals surface area contributed by atoms with E-state index in [9.17, 15) is 0 Å². The van der Waals surface area contributed by atoms with Crippen LogP contribution in [0.2, 0.25) is 0 Å². The van der Waals surface area contributed by atoms with Crippen LogP contribution in [0.3, 0.4) is 0 Å². The number of nitrogens with zero attached hydrogens (tertiary/aromatic N) is 3. The van der Waals surface area contributed by atoms with E-state index < -0.39 is 0 Å². The highest BCUT2D eigenvalue weighted by atomic mass is 16.5. The second kappa shape index (κ2) is 11.4. The van der Waals surface area contributed by atoms with Crippen LogP contribution in [0.4, 0.5) is 0 Å². The van der Waals surface area contributed by atoms with E-state index in [0.29, 0.717) is 6.61 Å². The Labute approximate surface area is 185 Å². The molecule has 3 rings (SSSR count). The summed E-state index contributed by atoms with van der Waals surface area (Å²) in [6, 6.07) is 17.9. The van der Waals surface area contributed by atoms with Crippen LogP contribution in [0.25, 0.3) is 11.3 Å². The number of hydrogen-bond donors (Lipinski definition) is 0. The SMILES string of the molecule is CCCCCC(CC)(CC)Oc1ccccc1COc1ccccc1-c1ccnnn1. The molecule has 1 aromatic heterocycles. The number of hydrogen-bond acceptors (Lipinski definition) is 5. The topological polar surface area (TPSA) is 57.1 Å². The van der Waals surface area contributed by atoms with E-state index in [1.807, 2.05) is 42.5 Å². The molecule has 0 atom stereocenters. The highest BCUT2D eigenvalue weighted by Gasteiger charge is 2.28. The molecule has 0 spiro atoms. The fourth-order valence-electron chi connectivity index (χ4n) is 3.80. The summed E-state index contributed by atoms with van der Waals surface area (Å²) in [7, 11) is 0. The fourth-order valence-corrected chi connectivity index (χ4v) is 3.80. The van der Waals surface area contributed by atoms with Gasteiger partial charge < -0.3 is 9.47 Å². The van der Waals surface area contributed by atoms with Gasteiger partial charge in [0, 0.05) is 11.1 Å². The molecule has 5 heteroatoms. The molecule has 31 heavy (non-hydrogen) atoms. The van der Waals surface area contributed by atoms with Gasteiger partial charge in [0.15, 0.2) is 0 Å². The van der Waals surface area contributed by atoms with E-state index in [-0.39, 0.29) is 5.60 Å². The lowest BCUT2D eigenvalue weighted by atomic mass is 9.90. The van der Waals surface area contributed by atoms with Crippen LogP contribution in [0.15, 0.2) is 60.8 Å². The van der Waals surface area contributed by atoms with Gasteiger partial charge >= 0.3 is 0 Å². The van der Waals surface area contributed by atoms with Crippen molar-refractivity contribution in [3.05, 3.63) is 66.4 Å². The minimum absolute atomic E-state index is 0.129. The smallest absolute Gasteiger partial charge is 0.129 e. The average Bonchev–Trinajstić information content (AvgIpc) is 2.83. The van der Waals surface area contributed by atoms with Gasteiger partial charge in [-0.15, -0.1) is 10.2 Å². The molecule has 0 aliphatic rings. The number of aromatic nitrogens is 3. The highest BCUT2D eigenvalue weighted by molar-refractivity contribution is 5.66. The Hall–Kier alpha value is -2.95. The molecule has 0 amide bonds. The molecule has 0 saturated heterocycles. The highest BCUT2D eigenvalue weighted by Crippen LogP contribution is 2.33. The zero-order chi connectivity index (χ0) is 21.9. The first-order chi connectivity index (χ1) is 15.2. The van der Waals surface area contributed by atoms with Crippen LogP contribution >= 0.6 is 0 Å². The molecule has 0 fully saturated rings. The van der Waals surface area contributed by atoms with Crippen molar-refractivity contribution in [2.75, 3.05) is 0 Å². The summed E-state index contributed by atoms with van der Waals surface area (Å²) in [5, 5.41) is 11.6. The average molecular weight is 420 g/mol. The third-order valence-electron chi connectivity index (χ3n) is 5.87. The molecular formula is C26H33N3O2. The zero-order valence-electron chi connectivity index (χ0n) is 18.9. The molecule has 3 aromatic rings. The van der Waals surface area contributed by atoms with Gasteiger partial charge in [-0.2, -0.15) is 0 Å². The number of ether oxygens (including phenoxy) is 2. The fraction of sp³-hybridized carbons (Fsp3) is 0.423. The van der Waals surface area contributed by atoms with Crippen molar-refractivity contribution < 1.29 is 9.47 Å². The number of benzene rings is 2. The van der Waals surface area contributed by atoms with Crippen molar-refractivity contribution in [2.45, 2.75) is 71.5 Å². The van der Waals surface area contributed by atoms with Crippen LogP contribution in [0, 0.1) is 0 Å². The van der Waals surface area contributed by atoms with E-state index >= 15 is 0 Å². The maximum atomic E-state index is 6.67. The zero-order valence-corrected chi connectivity index (χ0v) is 18.9. The second-order valence-electron chi connectivity index (χ2n) is 7.85. The van der Waals surface area contributed by atoms with Crippen LogP contribution in [-0.2, 0) is 6.61 Å². The summed E-state index contributed by atoms with van der Waals surface area (Å²) in [6.07, 6.45) is 8.34. The molecule has 1 heterocycles. The maximum absolute atomic E-state index is 6.67. The van der Waals surface area contributed by atoms with Gasteiger partial charge in [0.2, 0.25) is 0 Å². The summed E-state index contributed by atoms with van der Waals surface area (Å²) in [5.74, 6) is 1.67. The van der Waals surface area contributed by atoms with Gasteiger partial charge in [0.1, 0.15) is 29.4 Å². The first-order valence-corrected chi connectivity index (χ1v) is 11.3. The van der Waals surface area contributed by atoms with E-state index in [2.05, 4.69) is 48.3 Å². The first-order valence-electron chi connectivity index (χ1n) is 11.3. The van der Waals surface area contributed by atoms with Crippen LogP contribution in [0.5, 0.6) is 11.5 Å². The maximum Gasteiger partial charge on any atom is 0.129 e. The molecule has 0 bridgehead atoms. The number of unbranched alkanes of at least 4 members (excludes halogenated alkanes) is 2. The molecular weight excluding hydrogens is 386 g/mol. The Bertz CT molecular complexity index is 927. The Morgan fingerprint density at radius 3 is 2.29 bits per heavy atom. The summed E-state index contributed by atoms with van der Waals surface area (Å²) >= 11 is 0. The van der Waals surface area contributed by atoms with Gasteiger partial charge in [-0.05, 0) is 55.2 Å². The lowest BCUT2D eigenvalue weighted by Gasteiger charge is -2.34. The molecule has 0 N–H and O–H groups in total. The quantitative estimate of drug-likeness (QED) is 0.308. The lowest BCUT2D eigenvalue weighted by Crippen LogP contribution is -2.35. The van der Waals surface area contributed by atoms with Gasteiger partial charge in [0.25, 0.3) is 0 Å². The van der Waals surface area contributed by atoms with Crippen LogP contribution in [0.1, 0.15) is 64.9 Å². The summed E-state index contributed by atoms with van der Waals surface area (Å²) < 4.78 is 12.9. The predicted octanol–water partition coefficient (Wildman–Crippen LogP) is 6.64. The number of rotatable bonds is 12. The van der Waals surface area contributed by atoms with Gasteiger partial charge in [-0.1, -0.05) is 63.9 Å². The molecule has 164 valence electrons. The van der Waals surface area contributed by atoms with E-state index in [1.54, 1.807) is 6.20 Å². The second-order valence-corrected chi connectivity index (χ2v) is 7.85. The molecule has 0 saturated carbocycles. The van der Waals surface area contributed by atoms with E-state index in [0.717, 1.165) is 47.6 Å². The van der Waals surface area contributed by atoms with Gasteiger partial charge in [0.05, 0.1) is 6.20 Å². The molecule has 0 aliphatic carbocycles. The largest absolute Gasteiger partial charge is 0.488 e. The summed E-state index contributed by atoms with van der Waals surface area (Å²) in [5.41, 5.74) is 2.55. The molecule has 0 aliphatic heterocycles. The molecule has 2 aromatic carbocycles. The Morgan fingerprint density at radius 1 is 0.839 bits per heavy atom. The normalized spacial score (nSPS) is 11.3. The molecule has 5 nitrogen and oxygen atoms in total. The third-order valence-corrected chi connectivity index (χ3v) is 5.87. The molecule has 0 radical (unpaired) electrons. The molecule has 0 unspecified atom stereocenters. The lowest BCUT2D eigenvalue weighted by molar-refractivity contribution is 0.0463. The minimum atomic E-state index is -0.129. The van der Waals surface area contributed by atoms with Crippen molar-refractivity contribution in [2.24, 2.45) is 0 Å². The number of para-hydroxylation sites is 2. The van der Waals surface area contributed by atoms with E-state index in [1.165, 1.54) is 19.3 Å². The van der Waals surface area contributed by atoms with Crippen molar-refractivity contribution in [3.8, 4) is 22.8 Å². The van der Waals surface area contributed by atoms with Gasteiger partial charge in [-0.25, -0.2) is 0 Å². The van der Waals surface area contributed by atoms with Crippen molar-refractivity contribution in [1.29, 1.82) is 0 Å². The monoisotopic (exact) mass is 419 g/mol. The Morgan fingerprint density at radius 2 is 1.58 bits per heavy atom. The van der Waals surface area contributed by atoms with Crippen LogP contribution in [-0.4, -0.2) is 21.0 Å². The van der Waals surface area contributed by atoms with Crippen molar-refractivity contribution in [3.63, 3.8) is 0 Å². The standard InChI is InChI=1S/C26H33N3O2/c1-4-7-12-18-26(5-2,6-3)31-24-15-10-8-13-21(24)20-30-25-16-11-9-14-22(25)23-17-19-27-29-28-23/h8-11,13-17,19H,4-7,12,18,20H2,1-3H3. The summed E-state index contributed by atoms with van der Waals surface area (Å²) in [4.78, 5) is 0. The Balaban J connectivity index is 1.78. The van der Waals surface area contributed by atoms with Crippen molar-refractivity contribution >= 4 is 0 Å². The summed E-state index contributed by atoms with van der Waals surface area (Å²) in [6.45, 7) is 7.10. The minimum Gasteiger partial charge on any atom is -0.488 e. The van der Waals surface area contributed by atoms with Crippen LogP contribution < -0.4 is 9.47 Å². The van der Waals surface area contributed by atoms with Crippen molar-refractivity contribution in [1.82, 2.24) is 15.4 Å². The predicted molar refractivity (Wildman–Crippen MR) is 124 cm³/mol. The third kappa shape index (κ3) is 6.03. The Kier molecular flexibility index (Phi) is 8.39.